The molecule has 0 aromatic heterocycles. The zero-order valence-electron chi connectivity index (χ0n) is 11.7. The predicted octanol–water partition coefficient (Wildman–Crippen LogP) is -1.01. The maximum atomic E-state index is 11.5. The molecule has 0 fully saturated rings. The van der Waals surface area contributed by atoms with Crippen LogP contribution in [-0.4, -0.2) is 60.4 Å². The lowest BCUT2D eigenvalue weighted by molar-refractivity contribution is -0.141. The maximum absolute atomic E-state index is 11.5. The summed E-state index contributed by atoms with van der Waals surface area (Å²) in [6.45, 7) is 1.23. The second kappa shape index (κ2) is 9.61. The first-order valence-electron chi connectivity index (χ1n) is 6.20. The highest BCUT2D eigenvalue weighted by Crippen LogP contribution is 2.07. The summed E-state index contributed by atoms with van der Waals surface area (Å²) in [5.74, 6) is -1.88. The van der Waals surface area contributed by atoms with Crippen LogP contribution in [0.4, 0.5) is 0 Å². The number of hydrogen-bond donors (Lipinski definition) is 3. The third-order valence-corrected chi connectivity index (χ3v) is 5.35. The monoisotopic (exact) mass is 340 g/mol. The van der Waals surface area contributed by atoms with Crippen LogP contribution in [0, 0.1) is 0 Å². The highest BCUT2D eigenvalue weighted by molar-refractivity contribution is 8.00. The number of aliphatic carboxylic acids is 1. The molecule has 0 spiro atoms. The van der Waals surface area contributed by atoms with E-state index in [1.54, 1.807) is 0 Å². The number of carbonyl (C=O) groups is 3. The summed E-state index contributed by atoms with van der Waals surface area (Å²) in [5, 5.41) is 11.2. The number of primary amides is 1. The number of nitrogens with one attached hydrogen (secondary N) is 1. The van der Waals surface area contributed by atoms with Crippen molar-refractivity contribution < 1.29 is 27.9 Å². The minimum atomic E-state index is -3.32. The van der Waals surface area contributed by atoms with Gasteiger partial charge in [-0.3, -0.25) is 9.59 Å². The summed E-state index contributed by atoms with van der Waals surface area (Å²) < 4.78 is 23.0. The standard InChI is InChI=1S/C11H20N2O6S2/c1-8(14)13-9(11(16)17)2-4-20-5-7-21(18,19)6-3-10(12)15/h9H,2-7H2,1H3,(H2,12,15)(H,13,14)(H,16,17). The third kappa shape index (κ3) is 11.1. The van der Waals surface area contributed by atoms with Gasteiger partial charge in [-0.05, 0) is 12.2 Å². The Morgan fingerprint density at radius 3 is 2.33 bits per heavy atom. The summed E-state index contributed by atoms with van der Waals surface area (Å²) in [6, 6.07) is -0.971. The van der Waals surface area contributed by atoms with Gasteiger partial charge < -0.3 is 16.2 Å². The van der Waals surface area contributed by atoms with Crippen molar-refractivity contribution in [2.45, 2.75) is 25.8 Å². The lowest BCUT2D eigenvalue weighted by Gasteiger charge is -2.12. The Bertz CT molecular complexity index is 477. The van der Waals surface area contributed by atoms with E-state index in [2.05, 4.69) is 5.32 Å². The molecule has 2 amide bonds. The normalized spacial score (nSPS) is 12.6. The van der Waals surface area contributed by atoms with Gasteiger partial charge in [-0.2, -0.15) is 11.8 Å². The topological polar surface area (TPSA) is 144 Å². The molecule has 0 aliphatic rings. The van der Waals surface area contributed by atoms with Crippen LogP contribution in [-0.2, 0) is 24.2 Å². The van der Waals surface area contributed by atoms with E-state index in [0.717, 1.165) is 0 Å². The van der Waals surface area contributed by atoms with Crippen molar-refractivity contribution in [3.63, 3.8) is 0 Å². The molecule has 10 heteroatoms. The van der Waals surface area contributed by atoms with E-state index < -0.39 is 33.7 Å². The Hall–Kier alpha value is -1.29. The largest absolute Gasteiger partial charge is 0.480 e. The molecule has 4 N–H and O–H groups in total. The van der Waals surface area contributed by atoms with Crippen molar-refractivity contribution in [1.29, 1.82) is 0 Å². The molecule has 0 saturated heterocycles. The molecule has 1 unspecified atom stereocenters. The molecule has 21 heavy (non-hydrogen) atoms. The third-order valence-electron chi connectivity index (χ3n) is 2.42. The number of sulfone groups is 1. The van der Waals surface area contributed by atoms with E-state index in [1.807, 2.05) is 0 Å². The van der Waals surface area contributed by atoms with Crippen LogP contribution >= 0.6 is 11.8 Å². The Balaban J connectivity index is 3.96. The minimum Gasteiger partial charge on any atom is -0.480 e. The van der Waals surface area contributed by atoms with E-state index in [-0.39, 0.29) is 24.3 Å². The van der Waals surface area contributed by atoms with Gasteiger partial charge in [-0.1, -0.05) is 0 Å². The van der Waals surface area contributed by atoms with Gasteiger partial charge in [0.25, 0.3) is 0 Å². The smallest absolute Gasteiger partial charge is 0.326 e. The van der Waals surface area contributed by atoms with E-state index in [9.17, 15) is 22.8 Å². The number of carboxylic acid groups (broad SMARTS) is 1. The number of carboxylic acids is 1. The van der Waals surface area contributed by atoms with Crippen LogP contribution in [0.25, 0.3) is 0 Å². The molecule has 0 heterocycles. The van der Waals surface area contributed by atoms with Gasteiger partial charge >= 0.3 is 5.97 Å². The summed E-state index contributed by atoms with van der Waals surface area (Å²) in [6.07, 6.45) is 0.0114. The zero-order chi connectivity index (χ0) is 16.5. The lowest BCUT2D eigenvalue weighted by atomic mass is 10.2. The Kier molecular flexibility index (Phi) is 9.02. The minimum absolute atomic E-state index is 0.0944. The van der Waals surface area contributed by atoms with Crippen LogP contribution in [0.15, 0.2) is 0 Å². The highest BCUT2D eigenvalue weighted by Gasteiger charge is 2.18. The van der Waals surface area contributed by atoms with E-state index in [1.165, 1.54) is 18.7 Å². The lowest BCUT2D eigenvalue weighted by Crippen LogP contribution is -2.39. The van der Waals surface area contributed by atoms with Crippen molar-refractivity contribution in [3.8, 4) is 0 Å². The molecular formula is C11H20N2O6S2. The molecule has 0 aliphatic carbocycles. The van der Waals surface area contributed by atoms with Gasteiger partial charge in [0.05, 0.1) is 11.5 Å². The molecule has 0 saturated carbocycles. The van der Waals surface area contributed by atoms with Crippen molar-refractivity contribution in [1.82, 2.24) is 5.32 Å². The Morgan fingerprint density at radius 1 is 1.24 bits per heavy atom. The van der Waals surface area contributed by atoms with Crippen LogP contribution in [0.5, 0.6) is 0 Å². The number of nitrogens with two attached hydrogens (primary N) is 1. The summed E-state index contributed by atoms with van der Waals surface area (Å²) >= 11 is 1.28. The molecule has 0 aliphatic heterocycles. The molecule has 0 aromatic carbocycles. The maximum Gasteiger partial charge on any atom is 0.326 e. The van der Waals surface area contributed by atoms with Crippen LogP contribution in [0.1, 0.15) is 19.8 Å². The van der Waals surface area contributed by atoms with E-state index in [4.69, 9.17) is 10.8 Å². The average Bonchev–Trinajstić information content (AvgIpc) is 2.34. The number of rotatable bonds is 11. The molecule has 0 rings (SSSR count). The van der Waals surface area contributed by atoms with Gasteiger partial charge in [-0.25, -0.2) is 13.2 Å². The van der Waals surface area contributed by atoms with Crippen LogP contribution < -0.4 is 11.1 Å². The second-order valence-corrected chi connectivity index (χ2v) is 7.89. The molecule has 0 bridgehead atoms. The van der Waals surface area contributed by atoms with Gasteiger partial charge in [0, 0.05) is 19.1 Å². The fourth-order valence-corrected chi connectivity index (χ4v) is 4.16. The SMILES string of the molecule is CC(=O)NC(CCSCCS(=O)(=O)CCC(N)=O)C(=O)O. The van der Waals surface area contributed by atoms with Crippen LogP contribution in [0.3, 0.4) is 0 Å². The fraction of sp³-hybridized carbons (Fsp3) is 0.727. The predicted molar refractivity (Wildman–Crippen MR) is 79.6 cm³/mol. The number of hydrogen-bond acceptors (Lipinski definition) is 6. The Morgan fingerprint density at radius 2 is 1.86 bits per heavy atom. The average molecular weight is 340 g/mol. The first kappa shape index (κ1) is 19.7. The van der Waals surface area contributed by atoms with Gasteiger partial charge in [0.1, 0.15) is 6.04 Å². The highest BCUT2D eigenvalue weighted by atomic mass is 32.2. The van der Waals surface area contributed by atoms with E-state index in [0.29, 0.717) is 11.5 Å². The molecule has 122 valence electrons. The molecule has 1 atom stereocenters. The van der Waals surface area contributed by atoms with Crippen molar-refractivity contribution in [2.75, 3.05) is 23.0 Å². The van der Waals surface area contributed by atoms with Crippen molar-refractivity contribution in [3.05, 3.63) is 0 Å². The fourth-order valence-electron chi connectivity index (χ4n) is 1.35. The summed E-state index contributed by atoms with van der Waals surface area (Å²) in [4.78, 5) is 32.2. The van der Waals surface area contributed by atoms with E-state index >= 15 is 0 Å². The summed E-state index contributed by atoms with van der Waals surface area (Å²) in [7, 11) is -3.32. The van der Waals surface area contributed by atoms with Gasteiger partial charge in [0.15, 0.2) is 9.84 Å². The first-order chi connectivity index (χ1) is 9.64. The summed E-state index contributed by atoms with van der Waals surface area (Å²) in [5.41, 5.74) is 4.88. The quantitative estimate of drug-likeness (QED) is 0.409. The molecule has 8 nitrogen and oxygen atoms in total. The molecule has 0 radical (unpaired) electrons. The number of amides is 2. The molecular weight excluding hydrogens is 320 g/mol. The molecule has 0 aromatic rings. The second-order valence-electron chi connectivity index (χ2n) is 4.36. The van der Waals surface area contributed by atoms with Crippen LogP contribution in [0.2, 0.25) is 0 Å². The zero-order valence-corrected chi connectivity index (χ0v) is 13.3. The van der Waals surface area contributed by atoms with Gasteiger partial charge in [0.2, 0.25) is 11.8 Å². The number of thioether (sulfide) groups is 1. The van der Waals surface area contributed by atoms with Crippen molar-refractivity contribution >= 4 is 39.4 Å². The Labute approximate surface area is 127 Å². The van der Waals surface area contributed by atoms with Crippen molar-refractivity contribution in [2.24, 2.45) is 5.73 Å². The number of carbonyl (C=O) groups excluding carboxylic acids is 2. The van der Waals surface area contributed by atoms with Gasteiger partial charge in [-0.15, -0.1) is 0 Å². The first-order valence-corrected chi connectivity index (χ1v) is 9.18.